The van der Waals surface area contributed by atoms with Gasteiger partial charge in [0.2, 0.25) is 0 Å². The van der Waals surface area contributed by atoms with Gasteiger partial charge in [0, 0.05) is 4.88 Å². The molecule has 0 spiro atoms. The first kappa shape index (κ1) is 12.2. The molecule has 0 bridgehead atoms. The van der Waals surface area contributed by atoms with E-state index < -0.39 is 0 Å². The first-order chi connectivity index (χ1) is 8.61. The highest BCUT2D eigenvalue weighted by molar-refractivity contribution is 7.18. The summed E-state index contributed by atoms with van der Waals surface area (Å²) < 4.78 is 0. The lowest BCUT2D eigenvalue weighted by atomic mass is 10.1. The van der Waals surface area contributed by atoms with E-state index in [0.29, 0.717) is 11.7 Å². The molecule has 1 fully saturated rings. The van der Waals surface area contributed by atoms with Crippen LogP contribution in [0.25, 0.3) is 10.2 Å². The molecule has 1 atom stereocenters. The van der Waals surface area contributed by atoms with Crippen LogP contribution in [0.15, 0.2) is 4.79 Å². The maximum absolute atomic E-state index is 12.2. The number of hydrogen-bond donors (Lipinski definition) is 1. The third kappa shape index (κ3) is 1.88. The van der Waals surface area contributed by atoms with E-state index >= 15 is 0 Å². The van der Waals surface area contributed by atoms with Gasteiger partial charge in [-0.1, -0.05) is 6.92 Å². The molecule has 1 N–H and O–H groups in total. The zero-order valence-electron chi connectivity index (χ0n) is 10.4. The molecule has 2 aromatic heterocycles. The van der Waals surface area contributed by atoms with Crippen molar-refractivity contribution in [3.63, 3.8) is 0 Å². The van der Waals surface area contributed by atoms with Crippen molar-refractivity contribution < 1.29 is 0 Å². The normalized spacial score (nSPS) is 17.3. The van der Waals surface area contributed by atoms with E-state index in [2.05, 4.69) is 16.9 Å². The SMILES string of the molecule is CCc1sc2nc(C(C)Cl)[nH]c(=O)c2c1C1CC1. The fraction of sp³-hybridized carbons (Fsp3) is 0.538. The minimum atomic E-state index is -0.265. The molecule has 1 saturated carbocycles. The number of alkyl halides is 1. The van der Waals surface area contributed by atoms with Crippen LogP contribution < -0.4 is 5.56 Å². The van der Waals surface area contributed by atoms with Gasteiger partial charge in [0.1, 0.15) is 10.7 Å². The quantitative estimate of drug-likeness (QED) is 0.872. The second-order valence-corrected chi connectivity index (χ2v) is 6.55. The molecule has 2 aromatic rings. The van der Waals surface area contributed by atoms with Crippen LogP contribution in [-0.2, 0) is 6.42 Å². The largest absolute Gasteiger partial charge is 0.309 e. The predicted octanol–water partition coefficient (Wildman–Crippen LogP) is 3.72. The second-order valence-electron chi connectivity index (χ2n) is 4.81. The lowest BCUT2D eigenvalue weighted by Gasteiger charge is -2.02. The van der Waals surface area contributed by atoms with Gasteiger partial charge in [-0.25, -0.2) is 4.98 Å². The van der Waals surface area contributed by atoms with E-state index in [0.717, 1.165) is 16.6 Å². The molecule has 0 saturated heterocycles. The summed E-state index contributed by atoms with van der Waals surface area (Å²) in [5.41, 5.74) is 1.22. The van der Waals surface area contributed by atoms with E-state index in [-0.39, 0.29) is 10.9 Å². The van der Waals surface area contributed by atoms with Gasteiger partial charge in [-0.15, -0.1) is 22.9 Å². The summed E-state index contributed by atoms with van der Waals surface area (Å²) in [7, 11) is 0. The summed E-state index contributed by atoms with van der Waals surface area (Å²) in [6.07, 6.45) is 3.37. The minimum absolute atomic E-state index is 0.0275. The molecule has 5 heteroatoms. The van der Waals surface area contributed by atoms with Gasteiger partial charge in [0.15, 0.2) is 0 Å². The number of rotatable bonds is 3. The van der Waals surface area contributed by atoms with Gasteiger partial charge in [0.05, 0.1) is 10.8 Å². The average Bonchev–Trinajstić information content (AvgIpc) is 3.09. The summed E-state index contributed by atoms with van der Waals surface area (Å²) in [5, 5.41) is 0.541. The van der Waals surface area contributed by atoms with Crippen molar-refractivity contribution in [2.45, 2.75) is 44.4 Å². The van der Waals surface area contributed by atoms with Gasteiger partial charge in [-0.05, 0) is 37.7 Å². The van der Waals surface area contributed by atoms with E-state index in [9.17, 15) is 4.79 Å². The Bertz CT molecular complexity index is 655. The first-order valence-corrected chi connectivity index (χ1v) is 7.56. The fourth-order valence-electron chi connectivity index (χ4n) is 2.35. The Balaban J connectivity index is 2.30. The number of thiophene rings is 1. The summed E-state index contributed by atoms with van der Waals surface area (Å²) in [4.78, 5) is 21.7. The summed E-state index contributed by atoms with van der Waals surface area (Å²) >= 11 is 7.65. The molecule has 3 rings (SSSR count). The Morgan fingerprint density at radius 1 is 1.56 bits per heavy atom. The van der Waals surface area contributed by atoms with Gasteiger partial charge in [0.25, 0.3) is 5.56 Å². The molecule has 1 unspecified atom stereocenters. The third-order valence-electron chi connectivity index (χ3n) is 3.38. The standard InChI is InChI=1S/C13H15ClN2OS/c1-3-8-9(7-4-5-7)10-12(17)15-11(6(2)14)16-13(10)18-8/h6-7H,3-5H2,1-2H3,(H,15,16,17). The maximum Gasteiger partial charge on any atom is 0.259 e. The Kier molecular flexibility index (Phi) is 2.94. The molecule has 1 aliphatic carbocycles. The van der Waals surface area contributed by atoms with Gasteiger partial charge in [-0.3, -0.25) is 4.79 Å². The van der Waals surface area contributed by atoms with Crippen molar-refractivity contribution >= 4 is 33.2 Å². The number of H-pyrrole nitrogens is 1. The van der Waals surface area contributed by atoms with E-state index in [1.54, 1.807) is 11.3 Å². The maximum atomic E-state index is 12.2. The zero-order chi connectivity index (χ0) is 12.9. The smallest absolute Gasteiger partial charge is 0.259 e. The number of aryl methyl sites for hydroxylation is 1. The third-order valence-corrected chi connectivity index (χ3v) is 4.83. The van der Waals surface area contributed by atoms with Crippen molar-refractivity contribution in [3.05, 3.63) is 26.6 Å². The molecular weight excluding hydrogens is 268 g/mol. The number of nitrogens with one attached hydrogen (secondary N) is 1. The number of halogens is 1. The van der Waals surface area contributed by atoms with Crippen molar-refractivity contribution in [1.29, 1.82) is 0 Å². The number of nitrogens with zero attached hydrogens (tertiary/aromatic N) is 1. The van der Waals surface area contributed by atoms with Crippen LogP contribution in [0.5, 0.6) is 0 Å². The molecule has 2 heterocycles. The Morgan fingerprint density at radius 2 is 2.28 bits per heavy atom. The van der Waals surface area contributed by atoms with E-state index in [1.165, 1.54) is 23.3 Å². The Morgan fingerprint density at radius 3 is 2.83 bits per heavy atom. The van der Waals surface area contributed by atoms with Crippen LogP contribution in [0.4, 0.5) is 0 Å². The summed E-state index contributed by atoms with van der Waals surface area (Å²) in [5.74, 6) is 1.15. The van der Waals surface area contributed by atoms with E-state index in [4.69, 9.17) is 11.6 Å². The highest BCUT2D eigenvalue weighted by Crippen LogP contribution is 2.46. The van der Waals surface area contributed by atoms with Gasteiger partial charge < -0.3 is 4.98 Å². The van der Waals surface area contributed by atoms with Crippen LogP contribution in [0.2, 0.25) is 0 Å². The molecule has 3 nitrogen and oxygen atoms in total. The molecule has 0 aromatic carbocycles. The van der Waals surface area contributed by atoms with Crippen molar-refractivity contribution in [3.8, 4) is 0 Å². The Hall–Kier alpha value is -0.870. The zero-order valence-corrected chi connectivity index (χ0v) is 12.0. The number of hydrogen-bond acceptors (Lipinski definition) is 3. The van der Waals surface area contributed by atoms with Crippen LogP contribution in [-0.4, -0.2) is 9.97 Å². The fourth-order valence-corrected chi connectivity index (χ4v) is 3.65. The number of aromatic nitrogens is 2. The average molecular weight is 283 g/mol. The summed E-state index contributed by atoms with van der Waals surface area (Å²) in [6, 6.07) is 0. The van der Waals surface area contributed by atoms with Crippen LogP contribution >= 0.6 is 22.9 Å². The molecule has 0 radical (unpaired) electrons. The predicted molar refractivity (Wildman–Crippen MR) is 75.9 cm³/mol. The lowest BCUT2D eigenvalue weighted by molar-refractivity contribution is 0.915. The molecule has 96 valence electrons. The van der Waals surface area contributed by atoms with Gasteiger partial charge >= 0.3 is 0 Å². The Labute approximate surface area is 114 Å². The molecule has 18 heavy (non-hydrogen) atoms. The van der Waals surface area contributed by atoms with Crippen molar-refractivity contribution in [2.24, 2.45) is 0 Å². The highest BCUT2D eigenvalue weighted by Gasteiger charge is 2.31. The summed E-state index contributed by atoms with van der Waals surface area (Å²) in [6.45, 7) is 3.96. The number of aromatic amines is 1. The minimum Gasteiger partial charge on any atom is -0.309 e. The molecule has 1 aliphatic rings. The lowest BCUT2D eigenvalue weighted by Crippen LogP contribution is -2.12. The molecular formula is C13H15ClN2OS. The topological polar surface area (TPSA) is 45.8 Å². The van der Waals surface area contributed by atoms with Crippen molar-refractivity contribution in [2.75, 3.05) is 0 Å². The van der Waals surface area contributed by atoms with Crippen LogP contribution in [0.3, 0.4) is 0 Å². The molecule has 0 aliphatic heterocycles. The van der Waals surface area contributed by atoms with Crippen LogP contribution in [0, 0.1) is 0 Å². The molecule has 0 amide bonds. The van der Waals surface area contributed by atoms with Crippen LogP contribution in [0.1, 0.15) is 54.2 Å². The number of fused-ring (bicyclic) bond motifs is 1. The highest BCUT2D eigenvalue weighted by atomic mass is 35.5. The first-order valence-electron chi connectivity index (χ1n) is 6.31. The second kappa shape index (κ2) is 4.35. The van der Waals surface area contributed by atoms with Gasteiger partial charge in [-0.2, -0.15) is 0 Å². The monoisotopic (exact) mass is 282 g/mol. The van der Waals surface area contributed by atoms with E-state index in [1.807, 2.05) is 6.92 Å². The van der Waals surface area contributed by atoms with Crippen molar-refractivity contribution in [1.82, 2.24) is 9.97 Å².